The van der Waals surface area contributed by atoms with Gasteiger partial charge < -0.3 is 10.1 Å². The summed E-state index contributed by atoms with van der Waals surface area (Å²) in [4.78, 5) is 0. The Kier molecular flexibility index (Phi) is 3.44. The normalized spacial score (nSPS) is 9.81. The first-order valence-electron chi connectivity index (χ1n) is 5.22. The van der Waals surface area contributed by atoms with Gasteiger partial charge in [-0.1, -0.05) is 30.3 Å². The van der Waals surface area contributed by atoms with E-state index in [1.54, 1.807) is 7.11 Å². The van der Waals surface area contributed by atoms with Crippen LogP contribution in [0.2, 0.25) is 0 Å². The standard InChI is InChI=1S/C14H14NO/c1-16-14-9-7-12(8-10-14)11-15-13-5-3-2-4-6-13/h2-5,7-10,15H,11H2,1H3. The van der Waals surface area contributed by atoms with E-state index < -0.39 is 0 Å². The van der Waals surface area contributed by atoms with Crippen molar-refractivity contribution >= 4 is 5.69 Å². The minimum absolute atomic E-state index is 0.796. The number of nitrogens with one attached hydrogen (secondary N) is 1. The molecule has 2 aromatic carbocycles. The number of methoxy groups -OCH3 is 1. The van der Waals surface area contributed by atoms with E-state index in [0.717, 1.165) is 18.0 Å². The summed E-state index contributed by atoms with van der Waals surface area (Å²) in [6.45, 7) is 0.796. The van der Waals surface area contributed by atoms with E-state index in [-0.39, 0.29) is 0 Å². The molecule has 81 valence electrons. The highest BCUT2D eigenvalue weighted by Crippen LogP contribution is 2.13. The zero-order valence-corrected chi connectivity index (χ0v) is 9.23. The van der Waals surface area contributed by atoms with Gasteiger partial charge in [0.25, 0.3) is 0 Å². The topological polar surface area (TPSA) is 21.3 Å². The minimum Gasteiger partial charge on any atom is -0.497 e. The fourth-order valence-corrected chi connectivity index (χ4v) is 1.44. The quantitative estimate of drug-likeness (QED) is 0.840. The Morgan fingerprint density at radius 2 is 1.94 bits per heavy atom. The SMILES string of the molecule is COc1ccc(CNc2[c]cccc2)cc1. The van der Waals surface area contributed by atoms with Gasteiger partial charge in [-0.25, -0.2) is 0 Å². The number of anilines is 1. The van der Waals surface area contributed by atoms with E-state index in [1.807, 2.05) is 36.4 Å². The lowest BCUT2D eigenvalue weighted by atomic mass is 10.2. The lowest BCUT2D eigenvalue weighted by Gasteiger charge is -2.06. The molecule has 0 bridgehead atoms. The summed E-state index contributed by atoms with van der Waals surface area (Å²) >= 11 is 0. The predicted octanol–water partition coefficient (Wildman–Crippen LogP) is 3.11. The molecule has 0 aliphatic heterocycles. The summed E-state index contributed by atoms with van der Waals surface area (Å²) in [5, 5.41) is 3.30. The number of para-hydroxylation sites is 1. The fraction of sp³-hybridized carbons (Fsp3) is 0.143. The molecule has 0 saturated heterocycles. The van der Waals surface area contributed by atoms with Crippen LogP contribution in [0.15, 0.2) is 48.5 Å². The smallest absolute Gasteiger partial charge is 0.118 e. The van der Waals surface area contributed by atoms with Crippen molar-refractivity contribution in [3.8, 4) is 5.75 Å². The van der Waals surface area contributed by atoms with Crippen molar-refractivity contribution in [3.63, 3.8) is 0 Å². The van der Waals surface area contributed by atoms with Crippen molar-refractivity contribution in [3.05, 3.63) is 60.2 Å². The van der Waals surface area contributed by atoms with E-state index in [0.29, 0.717) is 0 Å². The molecule has 1 radical (unpaired) electrons. The summed E-state index contributed by atoms with van der Waals surface area (Å²) in [6, 6.07) is 19.0. The summed E-state index contributed by atoms with van der Waals surface area (Å²) in [6.07, 6.45) is 0. The largest absolute Gasteiger partial charge is 0.497 e. The summed E-state index contributed by atoms with van der Waals surface area (Å²) < 4.78 is 5.11. The number of hydrogen-bond donors (Lipinski definition) is 1. The molecule has 0 aromatic heterocycles. The zero-order valence-electron chi connectivity index (χ0n) is 9.23. The lowest BCUT2D eigenvalue weighted by Crippen LogP contribution is -1.98. The van der Waals surface area contributed by atoms with Gasteiger partial charge in [-0.15, -0.1) is 0 Å². The number of benzene rings is 2. The molecule has 0 atom stereocenters. The highest BCUT2D eigenvalue weighted by Gasteiger charge is 1.94. The highest BCUT2D eigenvalue weighted by molar-refractivity contribution is 5.42. The second-order valence-corrected chi connectivity index (χ2v) is 3.48. The Morgan fingerprint density at radius 1 is 1.12 bits per heavy atom. The van der Waals surface area contributed by atoms with Gasteiger partial charge in [0.05, 0.1) is 7.11 Å². The number of rotatable bonds is 4. The second kappa shape index (κ2) is 5.21. The number of ether oxygens (including phenoxy) is 1. The second-order valence-electron chi connectivity index (χ2n) is 3.48. The predicted molar refractivity (Wildman–Crippen MR) is 65.6 cm³/mol. The molecule has 2 nitrogen and oxygen atoms in total. The van der Waals surface area contributed by atoms with E-state index in [9.17, 15) is 0 Å². The van der Waals surface area contributed by atoms with E-state index in [4.69, 9.17) is 4.74 Å². The van der Waals surface area contributed by atoms with Gasteiger partial charge in [-0.3, -0.25) is 0 Å². The summed E-state index contributed by atoms with van der Waals surface area (Å²) in [5.74, 6) is 0.884. The number of hydrogen-bond acceptors (Lipinski definition) is 2. The summed E-state index contributed by atoms with van der Waals surface area (Å²) in [7, 11) is 1.67. The van der Waals surface area contributed by atoms with Crippen LogP contribution in [0.25, 0.3) is 0 Å². The Hall–Kier alpha value is -1.96. The molecular weight excluding hydrogens is 198 g/mol. The fourth-order valence-electron chi connectivity index (χ4n) is 1.44. The third-order valence-electron chi connectivity index (χ3n) is 2.35. The first-order valence-corrected chi connectivity index (χ1v) is 5.22. The molecule has 2 aromatic rings. The molecule has 16 heavy (non-hydrogen) atoms. The van der Waals surface area contributed by atoms with Gasteiger partial charge in [0, 0.05) is 18.3 Å². The van der Waals surface area contributed by atoms with Crippen LogP contribution < -0.4 is 10.1 Å². The van der Waals surface area contributed by atoms with Gasteiger partial charge in [0.1, 0.15) is 5.75 Å². The molecule has 0 heterocycles. The average Bonchev–Trinajstić information content (AvgIpc) is 2.38. The van der Waals surface area contributed by atoms with Crippen molar-refractivity contribution in [2.75, 3.05) is 12.4 Å². The van der Waals surface area contributed by atoms with Crippen molar-refractivity contribution in [2.24, 2.45) is 0 Å². The first-order chi connectivity index (χ1) is 7.88. The van der Waals surface area contributed by atoms with Crippen LogP contribution in [0.4, 0.5) is 5.69 Å². The van der Waals surface area contributed by atoms with E-state index in [1.165, 1.54) is 5.56 Å². The average molecular weight is 212 g/mol. The van der Waals surface area contributed by atoms with Crippen LogP contribution in [0.3, 0.4) is 0 Å². The Labute approximate surface area is 95.9 Å². The molecule has 2 rings (SSSR count). The Morgan fingerprint density at radius 3 is 2.56 bits per heavy atom. The molecule has 0 saturated carbocycles. The first kappa shape index (κ1) is 10.6. The van der Waals surface area contributed by atoms with Gasteiger partial charge in [-0.05, 0) is 23.8 Å². The van der Waals surface area contributed by atoms with Crippen LogP contribution in [-0.4, -0.2) is 7.11 Å². The maximum Gasteiger partial charge on any atom is 0.118 e. The zero-order chi connectivity index (χ0) is 11.2. The summed E-state index contributed by atoms with van der Waals surface area (Å²) in [5.41, 5.74) is 2.23. The molecule has 0 spiro atoms. The Balaban J connectivity index is 1.94. The molecule has 0 aliphatic rings. The monoisotopic (exact) mass is 212 g/mol. The van der Waals surface area contributed by atoms with Crippen LogP contribution in [0, 0.1) is 6.07 Å². The van der Waals surface area contributed by atoms with Crippen LogP contribution >= 0.6 is 0 Å². The van der Waals surface area contributed by atoms with Gasteiger partial charge in [0.15, 0.2) is 0 Å². The lowest BCUT2D eigenvalue weighted by molar-refractivity contribution is 0.414. The molecule has 0 fully saturated rings. The maximum atomic E-state index is 5.11. The van der Waals surface area contributed by atoms with Crippen molar-refractivity contribution in [2.45, 2.75) is 6.54 Å². The van der Waals surface area contributed by atoms with Gasteiger partial charge >= 0.3 is 0 Å². The molecule has 2 heteroatoms. The highest BCUT2D eigenvalue weighted by atomic mass is 16.5. The Bertz CT molecular complexity index is 422. The van der Waals surface area contributed by atoms with Crippen LogP contribution in [-0.2, 0) is 6.54 Å². The van der Waals surface area contributed by atoms with E-state index in [2.05, 4.69) is 23.5 Å². The van der Waals surface area contributed by atoms with Gasteiger partial charge in [0.2, 0.25) is 0 Å². The van der Waals surface area contributed by atoms with Crippen molar-refractivity contribution < 1.29 is 4.74 Å². The van der Waals surface area contributed by atoms with Crippen LogP contribution in [0.1, 0.15) is 5.56 Å². The van der Waals surface area contributed by atoms with Gasteiger partial charge in [-0.2, -0.15) is 0 Å². The van der Waals surface area contributed by atoms with Crippen molar-refractivity contribution in [1.29, 1.82) is 0 Å². The molecular formula is C14H14NO. The molecule has 0 amide bonds. The maximum absolute atomic E-state index is 5.11. The van der Waals surface area contributed by atoms with E-state index >= 15 is 0 Å². The molecule has 0 aliphatic carbocycles. The third-order valence-corrected chi connectivity index (χ3v) is 2.35. The molecule has 0 unspecified atom stereocenters. The molecule has 1 N–H and O–H groups in total. The van der Waals surface area contributed by atoms with Crippen LogP contribution in [0.5, 0.6) is 5.75 Å². The minimum atomic E-state index is 0.796. The third kappa shape index (κ3) is 2.76. The van der Waals surface area contributed by atoms with Crippen molar-refractivity contribution in [1.82, 2.24) is 0 Å².